The molecule has 1 aliphatic rings. The van der Waals surface area contributed by atoms with Crippen molar-refractivity contribution in [3.05, 3.63) is 53.1 Å². The monoisotopic (exact) mass is 469 g/mol. The van der Waals surface area contributed by atoms with Gasteiger partial charge in [-0.2, -0.15) is 18.2 Å². The standard InChI is InChI=1S/C20H19ClF3N5O3/c21-15-4-3-13(10-14(15)20(22,23)24)25-17(30)11-28-5-7-29(8-6-28)12-18-26-19(27-32-18)16-2-1-9-31-16/h1-4,9-10H,5-8,11-12H2,(H,25,30). The van der Waals surface area contributed by atoms with E-state index in [1.807, 2.05) is 4.90 Å². The van der Waals surface area contributed by atoms with Gasteiger partial charge in [0, 0.05) is 31.9 Å². The minimum absolute atomic E-state index is 0.0501. The number of alkyl halides is 3. The number of nitrogens with zero attached hydrogens (tertiary/aromatic N) is 4. The highest BCUT2D eigenvalue weighted by Gasteiger charge is 2.33. The smallest absolute Gasteiger partial charge is 0.417 e. The van der Waals surface area contributed by atoms with Crippen molar-refractivity contribution in [2.24, 2.45) is 0 Å². The lowest BCUT2D eigenvalue weighted by Crippen LogP contribution is -2.48. The van der Waals surface area contributed by atoms with Crippen molar-refractivity contribution in [1.29, 1.82) is 0 Å². The first kappa shape index (κ1) is 22.3. The Hall–Kier alpha value is -2.89. The number of furan rings is 1. The van der Waals surface area contributed by atoms with Gasteiger partial charge in [-0.1, -0.05) is 16.8 Å². The summed E-state index contributed by atoms with van der Waals surface area (Å²) in [5, 5.41) is 5.98. The first-order valence-electron chi connectivity index (χ1n) is 9.76. The predicted octanol–water partition coefficient (Wildman–Crippen LogP) is 3.76. The van der Waals surface area contributed by atoms with E-state index in [0.717, 1.165) is 12.1 Å². The number of hydrogen-bond acceptors (Lipinski definition) is 7. The zero-order chi connectivity index (χ0) is 22.7. The maximum absolute atomic E-state index is 13.0. The molecule has 0 atom stereocenters. The fourth-order valence-electron chi connectivity index (χ4n) is 3.35. The summed E-state index contributed by atoms with van der Waals surface area (Å²) in [6, 6.07) is 6.78. The van der Waals surface area contributed by atoms with Crippen LogP contribution in [-0.4, -0.2) is 58.6 Å². The van der Waals surface area contributed by atoms with Crippen LogP contribution in [0.5, 0.6) is 0 Å². The topological polar surface area (TPSA) is 87.6 Å². The van der Waals surface area contributed by atoms with Gasteiger partial charge in [0.05, 0.1) is 29.9 Å². The molecule has 0 spiro atoms. The summed E-state index contributed by atoms with van der Waals surface area (Å²) >= 11 is 5.61. The van der Waals surface area contributed by atoms with Gasteiger partial charge in [0.1, 0.15) is 0 Å². The number of hydrogen-bond donors (Lipinski definition) is 1. The lowest BCUT2D eigenvalue weighted by Gasteiger charge is -2.33. The normalized spacial score (nSPS) is 15.8. The largest absolute Gasteiger partial charge is 0.461 e. The summed E-state index contributed by atoms with van der Waals surface area (Å²) in [4.78, 5) is 20.6. The average Bonchev–Trinajstić information content (AvgIpc) is 3.42. The third kappa shape index (κ3) is 5.47. The van der Waals surface area contributed by atoms with Crippen molar-refractivity contribution >= 4 is 23.2 Å². The zero-order valence-electron chi connectivity index (χ0n) is 16.7. The Morgan fingerprint density at radius 2 is 1.91 bits per heavy atom. The van der Waals surface area contributed by atoms with Crippen LogP contribution < -0.4 is 5.32 Å². The lowest BCUT2D eigenvalue weighted by molar-refractivity contribution is -0.137. The highest BCUT2D eigenvalue weighted by molar-refractivity contribution is 6.31. The number of aromatic nitrogens is 2. The summed E-state index contributed by atoms with van der Waals surface area (Å²) in [7, 11) is 0. The molecule has 1 N–H and O–H groups in total. The fraction of sp³-hybridized carbons (Fsp3) is 0.350. The molecule has 0 unspecified atom stereocenters. The molecule has 32 heavy (non-hydrogen) atoms. The zero-order valence-corrected chi connectivity index (χ0v) is 17.5. The molecular weight excluding hydrogens is 451 g/mol. The Balaban J connectivity index is 1.25. The Labute approximate surface area is 185 Å². The number of rotatable bonds is 6. The molecule has 1 aromatic carbocycles. The van der Waals surface area contributed by atoms with Crippen LogP contribution in [0.25, 0.3) is 11.6 Å². The number of anilines is 1. The highest BCUT2D eigenvalue weighted by Crippen LogP contribution is 2.36. The number of carbonyl (C=O) groups excluding carboxylic acids is 1. The van der Waals surface area contributed by atoms with E-state index in [0.29, 0.717) is 50.2 Å². The van der Waals surface area contributed by atoms with E-state index in [2.05, 4.69) is 20.4 Å². The van der Waals surface area contributed by atoms with Crippen LogP contribution in [0, 0.1) is 0 Å². The molecule has 0 aliphatic carbocycles. The van der Waals surface area contributed by atoms with Gasteiger partial charge in [-0.05, 0) is 30.3 Å². The molecule has 170 valence electrons. The second-order valence-corrected chi connectivity index (χ2v) is 7.69. The number of halogens is 4. The second kappa shape index (κ2) is 9.31. The Morgan fingerprint density at radius 3 is 2.59 bits per heavy atom. The third-order valence-electron chi connectivity index (χ3n) is 4.96. The van der Waals surface area contributed by atoms with Crippen molar-refractivity contribution in [3.8, 4) is 11.6 Å². The molecule has 3 heterocycles. The molecule has 1 fully saturated rings. The van der Waals surface area contributed by atoms with Crippen LogP contribution in [0.1, 0.15) is 11.5 Å². The molecule has 1 saturated heterocycles. The lowest BCUT2D eigenvalue weighted by atomic mass is 10.2. The Bertz CT molecular complexity index is 1060. The molecular formula is C20H19ClF3N5O3. The number of piperazine rings is 1. The fourth-order valence-corrected chi connectivity index (χ4v) is 3.57. The van der Waals surface area contributed by atoms with Gasteiger partial charge < -0.3 is 14.3 Å². The minimum atomic E-state index is -4.59. The molecule has 1 amide bonds. The number of nitrogens with one attached hydrogen (secondary N) is 1. The van der Waals surface area contributed by atoms with Crippen molar-refractivity contribution in [2.45, 2.75) is 12.7 Å². The van der Waals surface area contributed by atoms with Gasteiger partial charge in [0.15, 0.2) is 5.76 Å². The number of benzene rings is 1. The van der Waals surface area contributed by atoms with Gasteiger partial charge in [-0.25, -0.2) is 0 Å². The molecule has 0 radical (unpaired) electrons. The number of carbonyl (C=O) groups is 1. The molecule has 12 heteroatoms. The summed E-state index contributed by atoms with van der Waals surface area (Å²) in [5.41, 5.74) is -0.934. The molecule has 3 aromatic rings. The maximum atomic E-state index is 13.0. The first-order chi connectivity index (χ1) is 15.3. The second-order valence-electron chi connectivity index (χ2n) is 7.28. The summed E-state index contributed by atoms with van der Waals surface area (Å²) in [6.45, 7) is 3.11. The number of amides is 1. The highest BCUT2D eigenvalue weighted by atomic mass is 35.5. The van der Waals surface area contributed by atoms with E-state index in [9.17, 15) is 18.0 Å². The van der Waals surface area contributed by atoms with Crippen LogP contribution >= 0.6 is 11.6 Å². The van der Waals surface area contributed by atoms with E-state index < -0.39 is 22.7 Å². The summed E-state index contributed by atoms with van der Waals surface area (Å²) in [6.07, 6.45) is -3.06. The minimum Gasteiger partial charge on any atom is -0.461 e. The SMILES string of the molecule is O=C(CN1CCN(Cc2nc(-c3ccco3)no2)CC1)Nc1ccc(Cl)c(C(F)(F)F)c1. The van der Waals surface area contributed by atoms with E-state index in [1.54, 1.807) is 12.1 Å². The first-order valence-corrected chi connectivity index (χ1v) is 10.1. The Kier molecular flexibility index (Phi) is 6.49. The Morgan fingerprint density at radius 1 is 1.16 bits per heavy atom. The third-order valence-corrected chi connectivity index (χ3v) is 5.29. The quantitative estimate of drug-likeness (QED) is 0.588. The predicted molar refractivity (Wildman–Crippen MR) is 109 cm³/mol. The van der Waals surface area contributed by atoms with Crippen molar-refractivity contribution < 1.29 is 26.9 Å². The molecule has 0 saturated carbocycles. The van der Waals surface area contributed by atoms with E-state index in [1.165, 1.54) is 12.3 Å². The summed E-state index contributed by atoms with van der Waals surface area (Å²) in [5.74, 6) is 0.981. The van der Waals surface area contributed by atoms with Crippen molar-refractivity contribution in [3.63, 3.8) is 0 Å². The van der Waals surface area contributed by atoms with Crippen LogP contribution in [0.2, 0.25) is 5.02 Å². The summed E-state index contributed by atoms with van der Waals surface area (Å²) < 4.78 is 49.4. The van der Waals surface area contributed by atoms with Crippen LogP contribution in [0.3, 0.4) is 0 Å². The average molecular weight is 470 g/mol. The van der Waals surface area contributed by atoms with Gasteiger partial charge in [-0.15, -0.1) is 0 Å². The van der Waals surface area contributed by atoms with E-state index in [4.69, 9.17) is 20.5 Å². The van der Waals surface area contributed by atoms with Crippen molar-refractivity contribution in [1.82, 2.24) is 19.9 Å². The molecule has 4 rings (SSSR count). The van der Waals surface area contributed by atoms with Crippen LogP contribution in [0.4, 0.5) is 18.9 Å². The molecule has 8 nitrogen and oxygen atoms in total. The van der Waals surface area contributed by atoms with Gasteiger partial charge in [0.25, 0.3) is 0 Å². The van der Waals surface area contributed by atoms with Crippen LogP contribution in [-0.2, 0) is 17.5 Å². The van der Waals surface area contributed by atoms with Gasteiger partial charge >= 0.3 is 6.18 Å². The molecule has 1 aliphatic heterocycles. The van der Waals surface area contributed by atoms with Gasteiger partial charge in [0.2, 0.25) is 17.6 Å². The van der Waals surface area contributed by atoms with E-state index >= 15 is 0 Å². The van der Waals surface area contributed by atoms with Crippen molar-refractivity contribution in [2.75, 3.05) is 38.0 Å². The van der Waals surface area contributed by atoms with Gasteiger partial charge in [-0.3, -0.25) is 14.6 Å². The van der Waals surface area contributed by atoms with Crippen LogP contribution in [0.15, 0.2) is 45.5 Å². The molecule has 2 aromatic heterocycles. The maximum Gasteiger partial charge on any atom is 0.417 e. The molecule has 0 bridgehead atoms. The van der Waals surface area contributed by atoms with E-state index in [-0.39, 0.29) is 12.2 Å².